The molecule has 2 rings (SSSR count). The minimum atomic E-state index is -0.425. The van der Waals surface area contributed by atoms with Crippen molar-refractivity contribution >= 4 is 10.8 Å². The summed E-state index contributed by atoms with van der Waals surface area (Å²) in [5, 5.41) is 15.9. The van der Waals surface area contributed by atoms with Gasteiger partial charge in [-0.25, -0.2) is 0 Å². The van der Waals surface area contributed by atoms with Gasteiger partial charge in [0.2, 0.25) is 0 Å². The summed E-state index contributed by atoms with van der Waals surface area (Å²) in [7, 11) is 0. The zero-order chi connectivity index (χ0) is 13.5. The van der Waals surface area contributed by atoms with Crippen LogP contribution in [0.2, 0.25) is 0 Å². The molecule has 2 aromatic rings. The van der Waals surface area contributed by atoms with Crippen molar-refractivity contribution in [1.29, 1.82) is 0 Å². The molecule has 0 fully saturated rings. The van der Waals surface area contributed by atoms with Crippen LogP contribution in [0.15, 0.2) is 42.5 Å². The molecule has 0 saturated heterocycles. The topological polar surface area (TPSA) is 32.3 Å². The number of benzene rings is 2. The van der Waals surface area contributed by atoms with Crippen molar-refractivity contribution in [3.8, 4) is 0 Å². The number of aliphatic hydroxyl groups excluding tert-OH is 1. The molecule has 0 amide bonds. The van der Waals surface area contributed by atoms with Crippen LogP contribution in [-0.2, 0) is 0 Å². The van der Waals surface area contributed by atoms with Gasteiger partial charge < -0.3 is 10.4 Å². The Morgan fingerprint density at radius 2 is 1.84 bits per heavy atom. The van der Waals surface area contributed by atoms with Gasteiger partial charge in [0.15, 0.2) is 0 Å². The molecule has 0 bridgehead atoms. The third-order valence-corrected chi connectivity index (χ3v) is 3.45. The average molecular weight is 257 g/mol. The molecule has 2 heteroatoms. The minimum absolute atomic E-state index is 0.425. The van der Waals surface area contributed by atoms with Crippen molar-refractivity contribution in [2.24, 2.45) is 0 Å². The lowest BCUT2D eigenvalue weighted by Crippen LogP contribution is -2.22. The SMILES string of the molecule is CCCCCNCC(O)c1ccc2ccccc2c1. The first kappa shape index (κ1) is 14.0. The molecule has 0 spiro atoms. The van der Waals surface area contributed by atoms with Crippen LogP contribution in [0.4, 0.5) is 0 Å². The summed E-state index contributed by atoms with van der Waals surface area (Å²) in [6, 6.07) is 14.4. The maximum absolute atomic E-state index is 10.2. The molecule has 0 saturated carbocycles. The van der Waals surface area contributed by atoms with E-state index < -0.39 is 6.10 Å². The fraction of sp³-hybridized carbons (Fsp3) is 0.412. The van der Waals surface area contributed by atoms with Gasteiger partial charge in [0.25, 0.3) is 0 Å². The Balaban J connectivity index is 1.91. The highest BCUT2D eigenvalue weighted by Crippen LogP contribution is 2.19. The standard InChI is InChI=1S/C17H23NO/c1-2-3-6-11-18-13-17(19)16-10-9-14-7-4-5-8-15(14)12-16/h4-5,7-10,12,17-19H,2-3,6,11,13H2,1H3. The Kier molecular flexibility index (Phi) is 5.37. The fourth-order valence-electron chi connectivity index (χ4n) is 2.27. The van der Waals surface area contributed by atoms with Crippen molar-refractivity contribution in [2.75, 3.05) is 13.1 Å². The van der Waals surface area contributed by atoms with Crippen LogP contribution in [0, 0.1) is 0 Å². The number of unbranched alkanes of at least 4 members (excludes halogenated alkanes) is 2. The second-order valence-corrected chi connectivity index (χ2v) is 5.03. The van der Waals surface area contributed by atoms with Crippen molar-refractivity contribution in [2.45, 2.75) is 32.3 Å². The summed E-state index contributed by atoms with van der Waals surface area (Å²) in [4.78, 5) is 0. The van der Waals surface area contributed by atoms with E-state index in [9.17, 15) is 5.11 Å². The minimum Gasteiger partial charge on any atom is -0.387 e. The second-order valence-electron chi connectivity index (χ2n) is 5.03. The monoisotopic (exact) mass is 257 g/mol. The van der Waals surface area contributed by atoms with E-state index >= 15 is 0 Å². The van der Waals surface area contributed by atoms with Crippen molar-refractivity contribution < 1.29 is 5.11 Å². The van der Waals surface area contributed by atoms with Crippen LogP contribution in [0.3, 0.4) is 0 Å². The van der Waals surface area contributed by atoms with Crippen molar-refractivity contribution in [1.82, 2.24) is 5.32 Å². The molecular weight excluding hydrogens is 234 g/mol. The van der Waals surface area contributed by atoms with E-state index in [-0.39, 0.29) is 0 Å². The first-order valence-corrected chi connectivity index (χ1v) is 7.18. The molecule has 2 N–H and O–H groups in total. The molecule has 0 aromatic heterocycles. The van der Waals surface area contributed by atoms with Crippen LogP contribution in [-0.4, -0.2) is 18.2 Å². The smallest absolute Gasteiger partial charge is 0.0914 e. The zero-order valence-electron chi connectivity index (χ0n) is 11.6. The Labute approximate surface area is 115 Å². The van der Waals surface area contributed by atoms with Gasteiger partial charge in [-0.3, -0.25) is 0 Å². The first-order chi connectivity index (χ1) is 9.31. The van der Waals surface area contributed by atoms with E-state index in [1.807, 2.05) is 18.2 Å². The van der Waals surface area contributed by atoms with E-state index in [4.69, 9.17) is 0 Å². The van der Waals surface area contributed by atoms with Gasteiger partial charge in [0.1, 0.15) is 0 Å². The van der Waals surface area contributed by atoms with Crippen molar-refractivity contribution in [3.05, 3.63) is 48.0 Å². The predicted molar refractivity (Wildman–Crippen MR) is 81.3 cm³/mol. The summed E-state index contributed by atoms with van der Waals surface area (Å²) in [6.45, 7) is 3.81. The van der Waals surface area contributed by atoms with Gasteiger partial charge in [0, 0.05) is 6.54 Å². The fourth-order valence-corrected chi connectivity index (χ4v) is 2.27. The summed E-state index contributed by atoms with van der Waals surface area (Å²) in [5.74, 6) is 0. The average Bonchev–Trinajstić information content (AvgIpc) is 2.46. The molecule has 19 heavy (non-hydrogen) atoms. The number of rotatable bonds is 7. The molecule has 102 valence electrons. The van der Waals surface area contributed by atoms with Gasteiger partial charge in [0.05, 0.1) is 6.10 Å². The van der Waals surface area contributed by atoms with E-state index in [2.05, 4.69) is 36.5 Å². The van der Waals surface area contributed by atoms with Gasteiger partial charge >= 0.3 is 0 Å². The molecule has 0 aliphatic rings. The van der Waals surface area contributed by atoms with Crippen LogP contribution in [0.1, 0.15) is 37.9 Å². The van der Waals surface area contributed by atoms with Crippen molar-refractivity contribution in [3.63, 3.8) is 0 Å². The molecule has 1 atom stereocenters. The normalized spacial score (nSPS) is 12.7. The van der Waals surface area contributed by atoms with Crippen LogP contribution >= 0.6 is 0 Å². The largest absolute Gasteiger partial charge is 0.387 e. The Bertz CT molecular complexity index is 509. The molecule has 2 aromatic carbocycles. The first-order valence-electron chi connectivity index (χ1n) is 7.18. The highest BCUT2D eigenvalue weighted by atomic mass is 16.3. The summed E-state index contributed by atoms with van der Waals surface area (Å²) < 4.78 is 0. The number of hydrogen-bond donors (Lipinski definition) is 2. The second kappa shape index (κ2) is 7.27. The maximum Gasteiger partial charge on any atom is 0.0914 e. The predicted octanol–water partition coefficient (Wildman–Crippen LogP) is 3.65. The van der Waals surface area contributed by atoms with E-state index in [1.165, 1.54) is 30.0 Å². The van der Waals surface area contributed by atoms with Gasteiger partial charge in [-0.15, -0.1) is 0 Å². The third kappa shape index (κ3) is 4.05. The molecule has 0 radical (unpaired) electrons. The highest BCUT2D eigenvalue weighted by molar-refractivity contribution is 5.83. The number of hydrogen-bond acceptors (Lipinski definition) is 2. The molecule has 0 heterocycles. The van der Waals surface area contributed by atoms with Crippen LogP contribution in [0.5, 0.6) is 0 Å². The Morgan fingerprint density at radius 1 is 1.05 bits per heavy atom. The van der Waals surface area contributed by atoms with Crippen LogP contribution < -0.4 is 5.32 Å². The third-order valence-electron chi connectivity index (χ3n) is 3.45. The van der Waals surface area contributed by atoms with Gasteiger partial charge in [-0.1, -0.05) is 56.2 Å². The van der Waals surface area contributed by atoms with Gasteiger partial charge in [-0.05, 0) is 35.4 Å². The number of fused-ring (bicyclic) bond motifs is 1. The number of nitrogens with one attached hydrogen (secondary N) is 1. The Morgan fingerprint density at radius 3 is 2.63 bits per heavy atom. The lowest BCUT2D eigenvalue weighted by molar-refractivity contribution is 0.175. The number of aliphatic hydroxyl groups is 1. The lowest BCUT2D eigenvalue weighted by Gasteiger charge is -2.13. The maximum atomic E-state index is 10.2. The lowest BCUT2D eigenvalue weighted by atomic mass is 10.0. The molecule has 0 aliphatic heterocycles. The molecule has 0 aliphatic carbocycles. The summed E-state index contributed by atoms with van der Waals surface area (Å²) in [6.07, 6.45) is 3.24. The van der Waals surface area contributed by atoms with Crippen LogP contribution in [0.25, 0.3) is 10.8 Å². The van der Waals surface area contributed by atoms with E-state index in [1.54, 1.807) is 0 Å². The highest BCUT2D eigenvalue weighted by Gasteiger charge is 2.07. The summed E-state index contributed by atoms with van der Waals surface area (Å²) >= 11 is 0. The molecule has 2 nitrogen and oxygen atoms in total. The van der Waals surface area contributed by atoms with Gasteiger partial charge in [-0.2, -0.15) is 0 Å². The quantitative estimate of drug-likeness (QED) is 0.742. The molecule has 1 unspecified atom stereocenters. The Hall–Kier alpha value is -1.38. The summed E-state index contributed by atoms with van der Waals surface area (Å²) in [5.41, 5.74) is 0.988. The zero-order valence-corrected chi connectivity index (χ0v) is 11.6. The van der Waals surface area contributed by atoms with E-state index in [0.717, 1.165) is 12.1 Å². The van der Waals surface area contributed by atoms with E-state index in [0.29, 0.717) is 6.54 Å². The molecular formula is C17H23NO.